The second-order valence-corrected chi connectivity index (χ2v) is 5.26. The standard InChI is InChI=1S/C11H10ClN3OS/c1-15(7-8-2-3-10(12)17-8)11(16)9-6-13-4-5-14-9/h2-6H,7H2,1H3. The van der Waals surface area contributed by atoms with E-state index in [2.05, 4.69) is 9.97 Å². The van der Waals surface area contributed by atoms with Crippen LogP contribution in [-0.2, 0) is 6.54 Å². The Kier molecular flexibility index (Phi) is 3.71. The van der Waals surface area contributed by atoms with Crippen molar-refractivity contribution in [2.24, 2.45) is 0 Å². The van der Waals surface area contributed by atoms with Crippen LogP contribution in [0, 0.1) is 0 Å². The van der Waals surface area contributed by atoms with Gasteiger partial charge >= 0.3 is 0 Å². The first-order valence-corrected chi connectivity index (χ1v) is 6.12. The summed E-state index contributed by atoms with van der Waals surface area (Å²) >= 11 is 7.30. The van der Waals surface area contributed by atoms with E-state index in [-0.39, 0.29) is 5.91 Å². The molecule has 0 aliphatic heterocycles. The van der Waals surface area contributed by atoms with Crippen molar-refractivity contribution in [2.75, 3.05) is 7.05 Å². The Labute approximate surface area is 108 Å². The fourth-order valence-electron chi connectivity index (χ4n) is 1.35. The molecule has 0 aliphatic carbocycles. The summed E-state index contributed by atoms with van der Waals surface area (Å²) in [5.74, 6) is -0.150. The van der Waals surface area contributed by atoms with E-state index < -0.39 is 0 Å². The predicted octanol–water partition coefficient (Wildman–Crippen LogP) is 2.46. The lowest BCUT2D eigenvalue weighted by molar-refractivity contribution is 0.0780. The zero-order valence-electron chi connectivity index (χ0n) is 9.13. The summed E-state index contributed by atoms with van der Waals surface area (Å²) in [5, 5.41) is 0. The van der Waals surface area contributed by atoms with E-state index in [9.17, 15) is 4.79 Å². The average molecular weight is 268 g/mol. The van der Waals surface area contributed by atoms with Gasteiger partial charge in [-0.25, -0.2) is 4.98 Å². The second-order valence-electron chi connectivity index (χ2n) is 3.46. The minimum absolute atomic E-state index is 0.150. The van der Waals surface area contributed by atoms with Crippen molar-refractivity contribution in [3.63, 3.8) is 0 Å². The number of carbonyl (C=O) groups is 1. The highest BCUT2D eigenvalue weighted by atomic mass is 35.5. The van der Waals surface area contributed by atoms with Crippen molar-refractivity contribution in [1.82, 2.24) is 14.9 Å². The zero-order chi connectivity index (χ0) is 12.3. The molecule has 0 aliphatic rings. The van der Waals surface area contributed by atoms with Crippen LogP contribution in [0.4, 0.5) is 0 Å². The Morgan fingerprint density at radius 3 is 2.88 bits per heavy atom. The molecular formula is C11H10ClN3OS. The van der Waals surface area contributed by atoms with Crippen LogP contribution in [-0.4, -0.2) is 27.8 Å². The quantitative estimate of drug-likeness (QED) is 0.858. The highest BCUT2D eigenvalue weighted by molar-refractivity contribution is 7.16. The maximum absolute atomic E-state index is 12.0. The maximum Gasteiger partial charge on any atom is 0.274 e. The fourth-order valence-corrected chi connectivity index (χ4v) is 2.49. The molecule has 0 fully saturated rings. The molecular weight excluding hydrogens is 258 g/mol. The van der Waals surface area contributed by atoms with E-state index in [1.807, 2.05) is 12.1 Å². The van der Waals surface area contributed by atoms with Crippen molar-refractivity contribution < 1.29 is 4.79 Å². The Balaban J connectivity index is 2.06. The molecule has 0 aromatic carbocycles. The van der Waals surface area contributed by atoms with E-state index in [1.165, 1.54) is 29.9 Å². The third kappa shape index (κ3) is 3.01. The first kappa shape index (κ1) is 12.0. The molecule has 2 rings (SSSR count). The fraction of sp³-hybridized carbons (Fsp3) is 0.182. The number of carbonyl (C=O) groups excluding carboxylic acids is 1. The van der Waals surface area contributed by atoms with Crippen molar-refractivity contribution in [3.05, 3.63) is 45.6 Å². The number of hydrogen-bond acceptors (Lipinski definition) is 4. The Morgan fingerprint density at radius 2 is 2.29 bits per heavy atom. The van der Waals surface area contributed by atoms with Gasteiger partial charge in [-0.15, -0.1) is 11.3 Å². The summed E-state index contributed by atoms with van der Waals surface area (Å²) in [4.78, 5) is 22.4. The number of hydrogen-bond donors (Lipinski definition) is 0. The van der Waals surface area contributed by atoms with Gasteiger partial charge in [0.2, 0.25) is 0 Å². The van der Waals surface area contributed by atoms with Crippen LogP contribution < -0.4 is 0 Å². The van der Waals surface area contributed by atoms with Gasteiger partial charge in [0, 0.05) is 24.3 Å². The van der Waals surface area contributed by atoms with Gasteiger partial charge in [0.1, 0.15) is 5.69 Å². The maximum atomic E-state index is 12.0. The van der Waals surface area contributed by atoms with Crippen LogP contribution >= 0.6 is 22.9 Å². The first-order valence-electron chi connectivity index (χ1n) is 4.92. The number of thiophene rings is 1. The molecule has 2 aromatic heterocycles. The number of amides is 1. The van der Waals surface area contributed by atoms with E-state index >= 15 is 0 Å². The van der Waals surface area contributed by atoms with Crippen LogP contribution in [0.1, 0.15) is 15.4 Å². The summed E-state index contributed by atoms with van der Waals surface area (Å²) in [5.41, 5.74) is 0.345. The monoisotopic (exact) mass is 267 g/mol. The topological polar surface area (TPSA) is 46.1 Å². The van der Waals surface area contributed by atoms with Crippen molar-refractivity contribution in [3.8, 4) is 0 Å². The Bertz CT molecular complexity index is 514. The summed E-state index contributed by atoms with van der Waals surface area (Å²) in [7, 11) is 1.73. The van der Waals surface area contributed by atoms with E-state index in [1.54, 1.807) is 11.9 Å². The van der Waals surface area contributed by atoms with Gasteiger partial charge in [0.05, 0.1) is 17.1 Å². The predicted molar refractivity (Wildman–Crippen MR) is 67.2 cm³/mol. The summed E-state index contributed by atoms with van der Waals surface area (Å²) in [6, 6.07) is 3.73. The van der Waals surface area contributed by atoms with E-state index in [0.29, 0.717) is 12.2 Å². The molecule has 2 aromatic rings. The molecule has 1 amide bonds. The van der Waals surface area contributed by atoms with Gasteiger partial charge in [-0.05, 0) is 12.1 Å². The highest BCUT2D eigenvalue weighted by Crippen LogP contribution is 2.22. The third-order valence-corrected chi connectivity index (χ3v) is 3.37. The van der Waals surface area contributed by atoms with Gasteiger partial charge in [0.25, 0.3) is 5.91 Å². The Morgan fingerprint density at radius 1 is 1.47 bits per heavy atom. The van der Waals surface area contributed by atoms with Gasteiger partial charge in [-0.2, -0.15) is 0 Å². The molecule has 6 heteroatoms. The number of rotatable bonds is 3. The van der Waals surface area contributed by atoms with Crippen molar-refractivity contribution in [1.29, 1.82) is 0 Å². The lowest BCUT2D eigenvalue weighted by Crippen LogP contribution is -2.26. The zero-order valence-corrected chi connectivity index (χ0v) is 10.7. The van der Waals surface area contributed by atoms with Crippen LogP contribution in [0.5, 0.6) is 0 Å². The molecule has 2 heterocycles. The van der Waals surface area contributed by atoms with Crippen molar-refractivity contribution >= 4 is 28.8 Å². The van der Waals surface area contributed by atoms with Crippen LogP contribution in [0.15, 0.2) is 30.7 Å². The molecule has 88 valence electrons. The number of nitrogens with zero attached hydrogens (tertiary/aromatic N) is 3. The van der Waals surface area contributed by atoms with Gasteiger partial charge in [-0.3, -0.25) is 9.78 Å². The van der Waals surface area contributed by atoms with Crippen LogP contribution in [0.25, 0.3) is 0 Å². The van der Waals surface area contributed by atoms with E-state index in [0.717, 1.165) is 9.21 Å². The van der Waals surface area contributed by atoms with Crippen molar-refractivity contribution in [2.45, 2.75) is 6.54 Å². The molecule has 0 bridgehead atoms. The van der Waals surface area contributed by atoms with Gasteiger partial charge in [-0.1, -0.05) is 11.6 Å². The highest BCUT2D eigenvalue weighted by Gasteiger charge is 2.13. The van der Waals surface area contributed by atoms with Gasteiger partial charge < -0.3 is 4.90 Å². The summed E-state index contributed by atoms with van der Waals surface area (Å²) in [6.45, 7) is 0.521. The van der Waals surface area contributed by atoms with Crippen LogP contribution in [0.2, 0.25) is 4.34 Å². The summed E-state index contributed by atoms with van der Waals surface area (Å²) in [6.07, 6.45) is 4.50. The lowest BCUT2D eigenvalue weighted by Gasteiger charge is -2.15. The molecule has 0 N–H and O–H groups in total. The Hall–Kier alpha value is -1.46. The number of halogens is 1. The third-order valence-electron chi connectivity index (χ3n) is 2.15. The van der Waals surface area contributed by atoms with Gasteiger partial charge in [0.15, 0.2) is 0 Å². The van der Waals surface area contributed by atoms with Crippen LogP contribution in [0.3, 0.4) is 0 Å². The minimum atomic E-state index is -0.150. The SMILES string of the molecule is CN(Cc1ccc(Cl)s1)C(=O)c1cnccn1. The molecule has 0 saturated carbocycles. The first-order chi connectivity index (χ1) is 8.16. The minimum Gasteiger partial charge on any atom is -0.335 e. The molecule has 0 radical (unpaired) electrons. The molecule has 17 heavy (non-hydrogen) atoms. The molecule has 0 spiro atoms. The smallest absolute Gasteiger partial charge is 0.274 e. The second kappa shape index (κ2) is 5.25. The lowest BCUT2D eigenvalue weighted by atomic mass is 10.3. The molecule has 0 atom stereocenters. The number of aromatic nitrogens is 2. The molecule has 0 saturated heterocycles. The molecule has 4 nitrogen and oxygen atoms in total. The van der Waals surface area contributed by atoms with E-state index in [4.69, 9.17) is 11.6 Å². The average Bonchev–Trinajstić information content (AvgIpc) is 2.75. The molecule has 0 unspecified atom stereocenters. The largest absolute Gasteiger partial charge is 0.335 e. The summed E-state index contributed by atoms with van der Waals surface area (Å²) < 4.78 is 0.723. The normalized spacial score (nSPS) is 10.2.